The number of alkyl halides is 3. The Labute approximate surface area is 254 Å². The van der Waals surface area contributed by atoms with Crippen molar-refractivity contribution in [2.24, 2.45) is 5.73 Å². The van der Waals surface area contributed by atoms with Crippen LogP contribution in [0.25, 0.3) is 0 Å². The van der Waals surface area contributed by atoms with Crippen molar-refractivity contribution in [3.05, 3.63) is 75.7 Å². The Balaban J connectivity index is 1.79. The van der Waals surface area contributed by atoms with Gasteiger partial charge in [0.1, 0.15) is 23.5 Å². The molecule has 234 valence electrons. The van der Waals surface area contributed by atoms with E-state index in [1.165, 1.54) is 24.4 Å². The number of benzene rings is 2. The molecule has 4 rings (SSSR count). The maximum absolute atomic E-state index is 14.6. The molecular weight excluding hydrogens is 610 g/mol. The first-order valence-electron chi connectivity index (χ1n) is 13.5. The number of aromatic nitrogens is 1. The number of nitrogens with one attached hydrogen (secondary N) is 3. The number of pyridine rings is 1. The number of nitrogens with zero attached hydrogens (tertiary/aromatic N) is 1. The van der Waals surface area contributed by atoms with E-state index in [1.54, 1.807) is 6.07 Å². The van der Waals surface area contributed by atoms with Crippen molar-refractivity contribution in [2.75, 3.05) is 23.7 Å². The quantitative estimate of drug-likeness (QED) is 0.146. The van der Waals surface area contributed by atoms with Crippen LogP contribution in [-0.4, -0.2) is 48.1 Å². The lowest BCUT2D eigenvalue weighted by Crippen LogP contribution is -2.35. The molecule has 0 atom stereocenters. The molecule has 1 aliphatic rings. The number of hydrogen-bond acceptors (Lipinski definition) is 8. The van der Waals surface area contributed by atoms with E-state index in [-0.39, 0.29) is 34.8 Å². The van der Waals surface area contributed by atoms with Crippen molar-refractivity contribution in [1.29, 1.82) is 0 Å². The maximum Gasteiger partial charge on any atom is 0.491 e. The molecule has 10 nitrogen and oxygen atoms in total. The molecular formula is C29H28ClF4N5O5. The standard InChI is InChI=1S/C29H28ClF4N5O5/c1-2-19-15(13-35)3-5-20(25(19)43-18-7-9-36-10-8-18)26(40)39-24-21(27(41)38-23-6-4-16(30)14-37-23)11-17(31)12-22(24)44-28(42)29(32,33)34/h3-6,11-12,14,18,36H,2,7-10,13,35H2,1H3,(H,39,40)(H,37,38,41). The number of carbonyl (C=O) groups excluding carboxylic acids is 3. The normalized spacial score (nSPS) is 13.7. The van der Waals surface area contributed by atoms with Gasteiger partial charge in [-0.3, -0.25) is 9.59 Å². The zero-order chi connectivity index (χ0) is 32.0. The molecule has 0 spiro atoms. The van der Waals surface area contributed by atoms with Gasteiger partial charge < -0.3 is 31.2 Å². The van der Waals surface area contributed by atoms with Crippen LogP contribution >= 0.6 is 11.6 Å². The van der Waals surface area contributed by atoms with Gasteiger partial charge in [0.2, 0.25) is 0 Å². The third-order valence-corrected chi connectivity index (χ3v) is 6.92. The summed E-state index contributed by atoms with van der Waals surface area (Å²) in [5, 5.41) is 8.15. The van der Waals surface area contributed by atoms with Gasteiger partial charge in [0.05, 0.1) is 21.8 Å². The Morgan fingerprint density at radius 2 is 1.77 bits per heavy atom. The fourth-order valence-electron chi connectivity index (χ4n) is 4.58. The molecule has 0 radical (unpaired) electrons. The predicted molar refractivity (Wildman–Crippen MR) is 153 cm³/mol. The molecule has 1 saturated heterocycles. The van der Waals surface area contributed by atoms with Crippen LogP contribution in [0, 0.1) is 5.82 Å². The monoisotopic (exact) mass is 637 g/mol. The van der Waals surface area contributed by atoms with E-state index in [0.717, 1.165) is 0 Å². The smallest absolute Gasteiger partial charge is 0.489 e. The Kier molecular flexibility index (Phi) is 10.4. The predicted octanol–water partition coefficient (Wildman–Crippen LogP) is 5.00. The summed E-state index contributed by atoms with van der Waals surface area (Å²) in [6.07, 6.45) is -2.77. The second-order valence-corrected chi connectivity index (χ2v) is 10.1. The summed E-state index contributed by atoms with van der Waals surface area (Å²) in [4.78, 5) is 42.7. The first kappa shape index (κ1) is 32.6. The number of hydrogen-bond donors (Lipinski definition) is 4. The molecule has 0 aliphatic carbocycles. The number of esters is 1. The lowest BCUT2D eigenvalue weighted by Gasteiger charge is -2.27. The fourth-order valence-corrected chi connectivity index (χ4v) is 4.69. The lowest BCUT2D eigenvalue weighted by molar-refractivity contribution is -0.189. The Morgan fingerprint density at radius 3 is 2.39 bits per heavy atom. The van der Waals surface area contributed by atoms with Crippen LogP contribution in [0.2, 0.25) is 5.02 Å². The molecule has 3 aromatic rings. The van der Waals surface area contributed by atoms with Gasteiger partial charge in [-0.2, -0.15) is 13.2 Å². The average Bonchev–Trinajstić information content (AvgIpc) is 2.99. The molecule has 2 aromatic carbocycles. The Morgan fingerprint density at radius 1 is 1.07 bits per heavy atom. The van der Waals surface area contributed by atoms with Crippen LogP contribution in [0.15, 0.2) is 42.6 Å². The molecule has 5 N–H and O–H groups in total. The number of anilines is 2. The molecule has 1 aliphatic heterocycles. The van der Waals surface area contributed by atoms with Crippen LogP contribution in [-0.2, 0) is 17.8 Å². The highest BCUT2D eigenvalue weighted by atomic mass is 35.5. The van der Waals surface area contributed by atoms with Crippen LogP contribution in [0.5, 0.6) is 11.5 Å². The van der Waals surface area contributed by atoms with E-state index in [9.17, 15) is 31.9 Å². The number of piperidine rings is 1. The van der Waals surface area contributed by atoms with Crippen molar-refractivity contribution in [1.82, 2.24) is 10.3 Å². The third kappa shape index (κ3) is 7.81. The van der Waals surface area contributed by atoms with Gasteiger partial charge in [0.15, 0.2) is 5.75 Å². The highest BCUT2D eigenvalue weighted by Gasteiger charge is 2.42. The van der Waals surface area contributed by atoms with Crippen LogP contribution in [0.3, 0.4) is 0 Å². The summed E-state index contributed by atoms with van der Waals surface area (Å²) in [6.45, 7) is 3.36. The molecule has 2 heterocycles. The first-order valence-corrected chi connectivity index (χ1v) is 13.9. The number of rotatable bonds is 9. The largest absolute Gasteiger partial charge is 0.491 e. The van der Waals surface area contributed by atoms with Gasteiger partial charge in [0.25, 0.3) is 11.8 Å². The van der Waals surface area contributed by atoms with Gasteiger partial charge in [-0.05, 0) is 67.7 Å². The first-order chi connectivity index (χ1) is 20.9. The summed E-state index contributed by atoms with van der Waals surface area (Å²) in [6, 6.07) is 6.85. The summed E-state index contributed by atoms with van der Waals surface area (Å²) in [5.74, 6) is -6.81. The zero-order valence-electron chi connectivity index (χ0n) is 23.3. The van der Waals surface area contributed by atoms with Crippen LogP contribution < -0.4 is 31.2 Å². The average molecular weight is 638 g/mol. The van der Waals surface area contributed by atoms with Gasteiger partial charge in [-0.15, -0.1) is 0 Å². The molecule has 2 amide bonds. The number of carbonyl (C=O) groups is 3. The molecule has 0 bridgehead atoms. The second kappa shape index (κ2) is 14.0. The summed E-state index contributed by atoms with van der Waals surface area (Å²) < 4.78 is 64.7. The summed E-state index contributed by atoms with van der Waals surface area (Å²) in [5.41, 5.74) is 5.89. The highest BCUT2D eigenvalue weighted by Crippen LogP contribution is 2.36. The second-order valence-electron chi connectivity index (χ2n) is 9.69. The minimum Gasteiger partial charge on any atom is -0.489 e. The topological polar surface area (TPSA) is 145 Å². The number of amides is 2. The summed E-state index contributed by atoms with van der Waals surface area (Å²) in [7, 11) is 0. The summed E-state index contributed by atoms with van der Waals surface area (Å²) >= 11 is 5.81. The van der Waals surface area contributed by atoms with E-state index in [1.807, 2.05) is 6.92 Å². The van der Waals surface area contributed by atoms with Crippen molar-refractivity contribution in [3.8, 4) is 11.5 Å². The highest BCUT2D eigenvalue weighted by molar-refractivity contribution is 6.30. The van der Waals surface area contributed by atoms with Crippen molar-refractivity contribution in [2.45, 2.75) is 45.0 Å². The van der Waals surface area contributed by atoms with Gasteiger partial charge in [-0.25, -0.2) is 14.2 Å². The fraction of sp³-hybridized carbons (Fsp3) is 0.310. The van der Waals surface area contributed by atoms with Crippen LogP contribution in [0.4, 0.5) is 29.1 Å². The minimum absolute atomic E-state index is 0.0271. The van der Waals surface area contributed by atoms with Gasteiger partial charge >= 0.3 is 12.1 Å². The number of nitrogens with two attached hydrogens (primary N) is 1. The van der Waals surface area contributed by atoms with Crippen molar-refractivity contribution < 1.29 is 41.4 Å². The zero-order valence-corrected chi connectivity index (χ0v) is 24.1. The van der Waals surface area contributed by atoms with E-state index in [0.29, 0.717) is 55.6 Å². The molecule has 1 fully saturated rings. The molecule has 44 heavy (non-hydrogen) atoms. The van der Waals surface area contributed by atoms with E-state index in [2.05, 4.69) is 25.7 Å². The molecule has 0 unspecified atom stereocenters. The van der Waals surface area contributed by atoms with E-state index in [4.69, 9.17) is 22.1 Å². The molecule has 1 aromatic heterocycles. The maximum atomic E-state index is 14.6. The number of ether oxygens (including phenoxy) is 2. The molecule has 0 saturated carbocycles. The van der Waals surface area contributed by atoms with Gasteiger partial charge in [-0.1, -0.05) is 24.6 Å². The number of halogens is 5. The van der Waals surface area contributed by atoms with Crippen molar-refractivity contribution in [3.63, 3.8) is 0 Å². The molecule has 15 heteroatoms. The Hall–Kier alpha value is -4.27. The third-order valence-electron chi connectivity index (χ3n) is 6.70. The van der Waals surface area contributed by atoms with E-state index >= 15 is 0 Å². The van der Waals surface area contributed by atoms with E-state index < -0.39 is 46.8 Å². The minimum atomic E-state index is -5.47. The van der Waals surface area contributed by atoms with Crippen LogP contribution in [0.1, 0.15) is 51.6 Å². The Bertz CT molecular complexity index is 1550. The van der Waals surface area contributed by atoms with Gasteiger partial charge in [0, 0.05) is 18.8 Å². The SMILES string of the molecule is CCc1c(CN)ccc(C(=O)Nc2c(OC(=O)C(F)(F)F)cc(F)cc2C(=O)Nc2ccc(Cl)cn2)c1OC1CCNCC1. The van der Waals surface area contributed by atoms with Crippen molar-refractivity contribution >= 4 is 40.9 Å². The lowest BCUT2D eigenvalue weighted by atomic mass is 9.98.